The number of pyridine rings is 1. The van der Waals surface area contributed by atoms with Gasteiger partial charge in [-0.25, -0.2) is 4.98 Å². The highest BCUT2D eigenvalue weighted by molar-refractivity contribution is 6.12. The molecule has 0 aliphatic heterocycles. The quantitative estimate of drug-likeness (QED) is 0.593. The number of carbonyl (C=O) groups excluding carboxylic acids is 1. The van der Waals surface area contributed by atoms with Gasteiger partial charge in [-0.1, -0.05) is 24.3 Å². The Labute approximate surface area is 158 Å². The molecule has 3 heterocycles. The van der Waals surface area contributed by atoms with E-state index in [4.69, 9.17) is 0 Å². The van der Waals surface area contributed by atoms with Gasteiger partial charge in [-0.15, -0.1) is 0 Å². The zero-order chi connectivity index (χ0) is 19.0. The molecule has 27 heavy (non-hydrogen) atoms. The van der Waals surface area contributed by atoms with Crippen molar-refractivity contribution in [3.63, 3.8) is 0 Å². The van der Waals surface area contributed by atoms with E-state index in [1.807, 2.05) is 68.1 Å². The molecule has 138 valence electrons. The van der Waals surface area contributed by atoms with Crippen molar-refractivity contribution in [3.05, 3.63) is 66.1 Å². The molecule has 0 spiro atoms. The molecule has 6 nitrogen and oxygen atoms in total. The summed E-state index contributed by atoms with van der Waals surface area (Å²) in [5.41, 5.74) is 3.66. The number of fused-ring (bicyclic) bond motifs is 2. The van der Waals surface area contributed by atoms with E-state index >= 15 is 0 Å². The van der Waals surface area contributed by atoms with Gasteiger partial charge in [0.2, 0.25) is 0 Å². The van der Waals surface area contributed by atoms with Gasteiger partial charge in [-0.3, -0.25) is 9.20 Å². The van der Waals surface area contributed by atoms with Gasteiger partial charge >= 0.3 is 0 Å². The van der Waals surface area contributed by atoms with Crippen molar-refractivity contribution < 1.29 is 4.79 Å². The molecule has 1 aromatic carbocycles. The normalized spacial score (nSPS) is 11.6. The van der Waals surface area contributed by atoms with Crippen molar-refractivity contribution in [1.29, 1.82) is 0 Å². The minimum absolute atomic E-state index is 0.127. The molecule has 0 aliphatic rings. The lowest BCUT2D eigenvalue weighted by Gasteiger charge is -2.10. The Bertz CT molecular complexity index is 1120. The van der Waals surface area contributed by atoms with Crippen LogP contribution in [0.15, 0.2) is 55.0 Å². The number of para-hydroxylation sites is 1. The zero-order valence-electron chi connectivity index (χ0n) is 15.8. The molecular formula is C21H23N5O. The van der Waals surface area contributed by atoms with Crippen molar-refractivity contribution >= 4 is 28.3 Å². The first-order chi connectivity index (χ1) is 13.0. The lowest BCUT2D eigenvalue weighted by atomic mass is 10.1. The van der Waals surface area contributed by atoms with Crippen molar-refractivity contribution in [2.24, 2.45) is 0 Å². The fourth-order valence-corrected chi connectivity index (χ4v) is 3.35. The number of benzene rings is 1. The summed E-state index contributed by atoms with van der Waals surface area (Å²) in [6, 6.07) is 12.0. The number of aryl methyl sites for hydroxylation is 1. The van der Waals surface area contributed by atoms with Gasteiger partial charge in [-0.2, -0.15) is 0 Å². The van der Waals surface area contributed by atoms with Crippen LogP contribution in [0.5, 0.6) is 0 Å². The molecule has 0 bridgehead atoms. The predicted molar refractivity (Wildman–Crippen MR) is 108 cm³/mol. The number of imidazole rings is 1. The van der Waals surface area contributed by atoms with Crippen LogP contribution < -0.4 is 5.32 Å². The van der Waals surface area contributed by atoms with Gasteiger partial charge in [0.1, 0.15) is 11.5 Å². The number of aromatic nitrogens is 3. The smallest absolute Gasteiger partial charge is 0.258 e. The van der Waals surface area contributed by atoms with Crippen molar-refractivity contribution in [2.75, 3.05) is 26.0 Å². The summed E-state index contributed by atoms with van der Waals surface area (Å²) >= 11 is 0. The Morgan fingerprint density at radius 2 is 2.00 bits per heavy atom. The average Bonchev–Trinajstić information content (AvgIpc) is 3.23. The van der Waals surface area contributed by atoms with Gasteiger partial charge < -0.3 is 14.8 Å². The van der Waals surface area contributed by atoms with Gasteiger partial charge in [0.15, 0.2) is 0 Å². The molecule has 4 aromatic rings. The number of hydrogen-bond donors (Lipinski definition) is 1. The zero-order valence-corrected chi connectivity index (χ0v) is 15.8. The average molecular weight is 361 g/mol. The molecule has 4 rings (SSSR count). The van der Waals surface area contributed by atoms with E-state index in [0.717, 1.165) is 35.2 Å². The maximum atomic E-state index is 13.0. The molecule has 0 unspecified atom stereocenters. The Kier molecular flexibility index (Phi) is 4.41. The number of nitrogens with one attached hydrogen (secondary N) is 1. The number of nitrogens with zero attached hydrogens (tertiary/aromatic N) is 4. The first kappa shape index (κ1) is 17.3. The number of rotatable bonds is 5. The van der Waals surface area contributed by atoms with Gasteiger partial charge in [0.25, 0.3) is 5.91 Å². The summed E-state index contributed by atoms with van der Waals surface area (Å²) in [6.07, 6.45) is 5.55. The van der Waals surface area contributed by atoms with Crippen molar-refractivity contribution in [2.45, 2.75) is 13.5 Å². The summed E-state index contributed by atoms with van der Waals surface area (Å²) in [6.45, 7) is 3.74. The van der Waals surface area contributed by atoms with Crippen LogP contribution in [0.25, 0.3) is 16.6 Å². The highest BCUT2D eigenvalue weighted by Gasteiger charge is 2.16. The number of likely N-dealkylation sites (N-methyl/N-ethyl adjacent to an activating group) is 1. The van der Waals surface area contributed by atoms with E-state index in [2.05, 4.69) is 25.8 Å². The van der Waals surface area contributed by atoms with E-state index in [-0.39, 0.29) is 5.91 Å². The second-order valence-electron chi connectivity index (χ2n) is 7.04. The van der Waals surface area contributed by atoms with E-state index in [1.165, 1.54) is 0 Å². The second-order valence-corrected chi connectivity index (χ2v) is 7.04. The van der Waals surface area contributed by atoms with Crippen LogP contribution in [0.2, 0.25) is 0 Å². The van der Waals surface area contributed by atoms with Crippen molar-refractivity contribution in [3.8, 4) is 0 Å². The maximum Gasteiger partial charge on any atom is 0.258 e. The van der Waals surface area contributed by atoms with Crippen LogP contribution in [-0.2, 0) is 6.54 Å². The van der Waals surface area contributed by atoms with E-state index in [1.54, 1.807) is 6.20 Å². The van der Waals surface area contributed by atoms with Crippen LogP contribution in [0.3, 0.4) is 0 Å². The molecule has 1 amide bonds. The Morgan fingerprint density at radius 1 is 1.19 bits per heavy atom. The molecule has 1 N–H and O–H groups in total. The number of carbonyl (C=O) groups is 1. The van der Waals surface area contributed by atoms with Gasteiger partial charge in [0.05, 0.1) is 11.8 Å². The first-order valence-corrected chi connectivity index (χ1v) is 9.01. The molecule has 0 atom stereocenters. The summed E-state index contributed by atoms with van der Waals surface area (Å²) in [5.74, 6) is 0.543. The largest absolute Gasteiger partial charge is 0.345 e. The van der Waals surface area contributed by atoms with Crippen molar-refractivity contribution in [1.82, 2.24) is 18.9 Å². The van der Waals surface area contributed by atoms with E-state index in [0.29, 0.717) is 11.4 Å². The summed E-state index contributed by atoms with van der Waals surface area (Å²) in [7, 11) is 4.10. The molecule has 0 radical (unpaired) electrons. The number of amides is 1. The van der Waals surface area contributed by atoms with Crippen LogP contribution >= 0.6 is 0 Å². The number of anilines is 1. The predicted octanol–water partition coefficient (Wildman–Crippen LogP) is 3.41. The molecule has 0 saturated carbocycles. The van der Waals surface area contributed by atoms with E-state index in [9.17, 15) is 4.79 Å². The molecular weight excluding hydrogens is 338 g/mol. The maximum absolute atomic E-state index is 13.0. The molecule has 0 aliphatic carbocycles. The second kappa shape index (κ2) is 6.89. The Morgan fingerprint density at radius 3 is 2.81 bits per heavy atom. The summed E-state index contributed by atoms with van der Waals surface area (Å²) in [5, 5.41) is 3.97. The lowest BCUT2D eigenvalue weighted by Crippen LogP contribution is -2.18. The molecule has 3 aromatic heterocycles. The Hall–Kier alpha value is -3.12. The topological polar surface area (TPSA) is 54.6 Å². The van der Waals surface area contributed by atoms with Crippen LogP contribution in [0, 0.1) is 6.92 Å². The third kappa shape index (κ3) is 3.19. The Balaban J connectivity index is 1.69. The summed E-state index contributed by atoms with van der Waals surface area (Å²) in [4.78, 5) is 19.6. The van der Waals surface area contributed by atoms with Crippen LogP contribution in [0.1, 0.15) is 15.9 Å². The van der Waals surface area contributed by atoms with Crippen LogP contribution in [0.4, 0.5) is 5.82 Å². The lowest BCUT2D eigenvalue weighted by molar-refractivity contribution is 0.102. The molecule has 0 saturated heterocycles. The highest BCUT2D eigenvalue weighted by Crippen LogP contribution is 2.23. The fraction of sp³-hybridized carbons (Fsp3) is 0.238. The van der Waals surface area contributed by atoms with Gasteiger partial charge in [-0.05, 0) is 38.7 Å². The molecule has 0 fully saturated rings. The highest BCUT2D eigenvalue weighted by atomic mass is 16.1. The first-order valence-electron chi connectivity index (χ1n) is 9.01. The minimum Gasteiger partial charge on any atom is -0.345 e. The third-order valence-electron chi connectivity index (χ3n) is 4.79. The fourth-order valence-electron chi connectivity index (χ4n) is 3.35. The standard InChI is InChI=1S/C21H23N5O/c1-15-7-6-10-26-19(13-22-20(15)26)23-21(27)17-14-25(12-11-24(2)3)18-9-5-4-8-16(17)18/h4-10,13-14H,11-12H2,1-3H3,(H,23,27). The van der Waals surface area contributed by atoms with E-state index < -0.39 is 0 Å². The van der Waals surface area contributed by atoms with Gasteiger partial charge in [0, 0.05) is 36.4 Å². The number of hydrogen-bond acceptors (Lipinski definition) is 3. The summed E-state index contributed by atoms with van der Waals surface area (Å²) < 4.78 is 4.04. The molecule has 6 heteroatoms. The van der Waals surface area contributed by atoms with Crippen LogP contribution in [-0.4, -0.2) is 45.4 Å². The minimum atomic E-state index is -0.127. The SMILES string of the molecule is Cc1cccn2c(NC(=O)c3cn(CCN(C)C)c4ccccc34)cnc12. The monoisotopic (exact) mass is 361 g/mol. The third-order valence-corrected chi connectivity index (χ3v) is 4.79.